The summed E-state index contributed by atoms with van der Waals surface area (Å²) in [4.78, 5) is 0. The molecule has 1 aromatic rings. The van der Waals surface area contributed by atoms with Crippen molar-refractivity contribution in [2.45, 2.75) is 0 Å². The van der Waals surface area contributed by atoms with Gasteiger partial charge in [-0.3, -0.25) is 0 Å². The Bertz CT molecular complexity index is 370. The number of rotatable bonds is 0. The van der Waals surface area contributed by atoms with Gasteiger partial charge in [0, 0.05) is 0 Å². The summed E-state index contributed by atoms with van der Waals surface area (Å²) in [7, 11) is 5.58. The minimum atomic E-state index is 0.137. The molecule has 0 N–H and O–H groups in total. The van der Waals surface area contributed by atoms with Crippen LogP contribution in [0.5, 0.6) is 11.5 Å². The van der Waals surface area contributed by atoms with Crippen molar-refractivity contribution >= 4 is 13.3 Å². The van der Waals surface area contributed by atoms with E-state index < -0.39 is 0 Å². The molecule has 0 atom stereocenters. The maximum atomic E-state index is 8.67. The number of nitriles is 1. The summed E-state index contributed by atoms with van der Waals surface area (Å²) in [6.07, 6.45) is 0. The van der Waals surface area contributed by atoms with Gasteiger partial charge in [-0.15, -0.1) is 0 Å². The van der Waals surface area contributed by atoms with Crippen molar-refractivity contribution < 1.29 is 9.47 Å². The van der Waals surface area contributed by atoms with Gasteiger partial charge in [-0.1, -0.05) is 11.5 Å². The zero-order valence-corrected chi connectivity index (χ0v) is 6.20. The molecule has 0 amide bonds. The molecule has 2 rings (SSSR count). The zero-order chi connectivity index (χ0) is 8.55. The highest BCUT2D eigenvalue weighted by atomic mass is 16.7. The lowest BCUT2D eigenvalue weighted by molar-refractivity contribution is 0.174. The van der Waals surface area contributed by atoms with Gasteiger partial charge in [0.05, 0.1) is 5.56 Å². The molecule has 1 aliphatic rings. The third kappa shape index (κ3) is 0.834. The third-order valence-corrected chi connectivity index (χ3v) is 1.67. The fraction of sp³-hybridized carbons (Fsp3) is 0.125. The number of ether oxygens (including phenoxy) is 2. The Morgan fingerprint density at radius 3 is 2.83 bits per heavy atom. The van der Waals surface area contributed by atoms with Crippen molar-refractivity contribution in [2.24, 2.45) is 0 Å². The first-order chi connectivity index (χ1) is 5.83. The summed E-state index contributed by atoms with van der Waals surface area (Å²) < 4.78 is 10.1. The number of hydrogen-bond donors (Lipinski definition) is 0. The summed E-state index contributed by atoms with van der Waals surface area (Å²) >= 11 is 0. The van der Waals surface area contributed by atoms with E-state index in [1.165, 1.54) is 0 Å². The van der Waals surface area contributed by atoms with Crippen molar-refractivity contribution in [3.05, 3.63) is 17.7 Å². The molecular weight excluding hydrogens is 153 g/mol. The van der Waals surface area contributed by atoms with Crippen molar-refractivity contribution in [1.29, 1.82) is 5.26 Å². The van der Waals surface area contributed by atoms with Gasteiger partial charge < -0.3 is 9.47 Å². The van der Waals surface area contributed by atoms with Gasteiger partial charge in [0.1, 0.15) is 13.9 Å². The van der Waals surface area contributed by atoms with Crippen LogP contribution in [0.15, 0.2) is 12.1 Å². The molecular formula is C8H4BNO2. The molecule has 56 valence electrons. The molecule has 0 unspecified atom stereocenters. The second-order valence-corrected chi connectivity index (χ2v) is 2.38. The monoisotopic (exact) mass is 157 g/mol. The smallest absolute Gasteiger partial charge is 0.231 e. The van der Waals surface area contributed by atoms with Gasteiger partial charge in [-0.25, -0.2) is 0 Å². The lowest BCUT2D eigenvalue weighted by Crippen LogP contribution is -2.05. The van der Waals surface area contributed by atoms with Crippen molar-refractivity contribution in [1.82, 2.24) is 0 Å². The van der Waals surface area contributed by atoms with E-state index in [4.69, 9.17) is 22.6 Å². The summed E-state index contributed by atoms with van der Waals surface area (Å²) in [6.45, 7) is 0.137. The fourth-order valence-corrected chi connectivity index (χ4v) is 1.11. The molecule has 4 heteroatoms. The van der Waals surface area contributed by atoms with E-state index in [9.17, 15) is 0 Å². The lowest BCUT2D eigenvalue weighted by Gasteiger charge is -2.00. The van der Waals surface area contributed by atoms with Crippen molar-refractivity contribution in [2.75, 3.05) is 6.79 Å². The van der Waals surface area contributed by atoms with E-state index in [1.807, 2.05) is 6.07 Å². The maximum absolute atomic E-state index is 8.67. The molecule has 0 bridgehead atoms. The van der Waals surface area contributed by atoms with Crippen LogP contribution in [0.2, 0.25) is 0 Å². The van der Waals surface area contributed by atoms with Gasteiger partial charge in [0.2, 0.25) is 6.79 Å². The maximum Gasteiger partial charge on any atom is 0.231 e. The molecule has 3 nitrogen and oxygen atoms in total. The molecule has 2 radical (unpaired) electrons. The lowest BCUT2D eigenvalue weighted by atomic mass is 9.93. The van der Waals surface area contributed by atoms with Crippen LogP contribution < -0.4 is 14.9 Å². The molecule has 0 saturated heterocycles. The molecule has 0 saturated carbocycles. The SMILES string of the molecule is [B]c1ccc(C#N)c2c1OCO2. The highest BCUT2D eigenvalue weighted by molar-refractivity contribution is 6.34. The molecule has 12 heavy (non-hydrogen) atoms. The van der Waals surface area contributed by atoms with Crippen molar-refractivity contribution in [3.63, 3.8) is 0 Å². The predicted molar refractivity (Wildman–Crippen MR) is 42.7 cm³/mol. The Kier molecular flexibility index (Phi) is 1.44. The Hall–Kier alpha value is -1.63. The third-order valence-electron chi connectivity index (χ3n) is 1.67. The van der Waals surface area contributed by atoms with Gasteiger partial charge >= 0.3 is 0 Å². The van der Waals surface area contributed by atoms with E-state index >= 15 is 0 Å². The van der Waals surface area contributed by atoms with E-state index in [-0.39, 0.29) is 6.79 Å². The Morgan fingerprint density at radius 1 is 1.33 bits per heavy atom. The number of hydrogen-bond acceptors (Lipinski definition) is 3. The van der Waals surface area contributed by atoms with Gasteiger partial charge in [0.25, 0.3) is 0 Å². The Balaban J connectivity index is 2.66. The van der Waals surface area contributed by atoms with Crippen LogP contribution in [0, 0.1) is 11.3 Å². The summed E-state index contributed by atoms with van der Waals surface area (Å²) in [5.41, 5.74) is 0.957. The minimum Gasteiger partial charge on any atom is -0.454 e. The number of fused-ring (bicyclic) bond motifs is 1. The first-order valence-electron chi connectivity index (χ1n) is 3.41. The van der Waals surface area contributed by atoms with E-state index in [2.05, 4.69) is 0 Å². The van der Waals surface area contributed by atoms with Gasteiger partial charge in [0.15, 0.2) is 11.5 Å². The average molecular weight is 157 g/mol. The van der Waals surface area contributed by atoms with Crippen LogP contribution in [-0.2, 0) is 0 Å². The van der Waals surface area contributed by atoms with E-state index in [0.29, 0.717) is 22.5 Å². The summed E-state index contributed by atoms with van der Waals surface area (Å²) in [6, 6.07) is 5.24. The minimum absolute atomic E-state index is 0.137. The molecule has 0 aliphatic carbocycles. The fourth-order valence-electron chi connectivity index (χ4n) is 1.11. The first kappa shape index (κ1) is 7.05. The van der Waals surface area contributed by atoms with Crippen LogP contribution in [0.4, 0.5) is 0 Å². The molecule has 1 heterocycles. The second kappa shape index (κ2) is 2.45. The normalized spacial score (nSPS) is 12.6. The van der Waals surface area contributed by atoms with Gasteiger partial charge in [-0.05, 0) is 6.07 Å². The average Bonchev–Trinajstić information content (AvgIpc) is 2.54. The second-order valence-electron chi connectivity index (χ2n) is 2.38. The van der Waals surface area contributed by atoms with Crippen LogP contribution in [0.3, 0.4) is 0 Å². The van der Waals surface area contributed by atoms with E-state index in [0.717, 1.165) is 0 Å². The number of nitrogens with zero attached hydrogens (tertiary/aromatic N) is 1. The Morgan fingerprint density at radius 2 is 2.08 bits per heavy atom. The molecule has 0 aromatic heterocycles. The quantitative estimate of drug-likeness (QED) is 0.500. The van der Waals surface area contributed by atoms with Crippen LogP contribution in [0.1, 0.15) is 5.56 Å². The van der Waals surface area contributed by atoms with Crippen LogP contribution >= 0.6 is 0 Å². The predicted octanol–water partition coefficient (Wildman–Crippen LogP) is 0.0808. The van der Waals surface area contributed by atoms with E-state index in [1.54, 1.807) is 12.1 Å². The topological polar surface area (TPSA) is 42.2 Å². The highest BCUT2D eigenvalue weighted by Crippen LogP contribution is 2.32. The van der Waals surface area contributed by atoms with Crippen molar-refractivity contribution in [3.8, 4) is 17.6 Å². The van der Waals surface area contributed by atoms with Crippen LogP contribution in [-0.4, -0.2) is 14.6 Å². The molecule has 0 fully saturated rings. The molecule has 1 aliphatic heterocycles. The molecule has 1 aromatic carbocycles. The van der Waals surface area contributed by atoms with Gasteiger partial charge in [-0.2, -0.15) is 5.26 Å². The molecule has 0 spiro atoms. The van der Waals surface area contributed by atoms with Crippen LogP contribution in [0.25, 0.3) is 0 Å². The summed E-state index contributed by atoms with van der Waals surface area (Å²) in [5.74, 6) is 0.937. The largest absolute Gasteiger partial charge is 0.454 e. The summed E-state index contributed by atoms with van der Waals surface area (Å²) in [5, 5.41) is 8.67. The Labute approximate surface area is 70.9 Å². The number of benzene rings is 1. The zero-order valence-electron chi connectivity index (χ0n) is 6.20. The highest BCUT2D eigenvalue weighted by Gasteiger charge is 2.19. The standard InChI is InChI=1S/C8H4BNO2/c9-6-2-1-5(3-10)7-8(6)12-4-11-7/h1-2H,4H2. The first-order valence-corrected chi connectivity index (χ1v) is 3.41.